The Balaban J connectivity index is 1.76. The lowest BCUT2D eigenvalue weighted by Crippen LogP contribution is -2.48. The van der Waals surface area contributed by atoms with Crippen molar-refractivity contribution in [2.75, 3.05) is 0 Å². The molecule has 35 heavy (non-hydrogen) atoms. The molecule has 4 N–H and O–H groups in total. The number of rotatable bonds is 0. The molecular formula is C26H24O9. The molecule has 0 aliphatic carbocycles. The molecule has 4 aromatic rings. The van der Waals surface area contributed by atoms with Gasteiger partial charge in [0.15, 0.2) is 17.1 Å². The Morgan fingerprint density at radius 3 is 2.34 bits per heavy atom. The number of aliphatic hydroxyl groups is 2. The predicted octanol–water partition coefficient (Wildman–Crippen LogP) is 4.16. The van der Waals surface area contributed by atoms with E-state index in [0.717, 1.165) is 0 Å². The van der Waals surface area contributed by atoms with Crippen molar-refractivity contribution in [1.82, 2.24) is 0 Å². The van der Waals surface area contributed by atoms with Crippen LogP contribution >= 0.6 is 0 Å². The number of aromatic hydroxyl groups is 2. The zero-order chi connectivity index (χ0) is 25.2. The Morgan fingerprint density at radius 1 is 0.943 bits per heavy atom. The highest BCUT2D eigenvalue weighted by atomic mass is 16.5. The van der Waals surface area contributed by atoms with E-state index in [0.29, 0.717) is 16.9 Å². The quantitative estimate of drug-likeness (QED) is 0.292. The van der Waals surface area contributed by atoms with E-state index in [1.54, 1.807) is 26.8 Å². The van der Waals surface area contributed by atoms with Crippen molar-refractivity contribution < 1.29 is 38.7 Å². The molecule has 0 amide bonds. The highest BCUT2D eigenvalue weighted by Crippen LogP contribution is 2.51. The number of hydrogen-bond donors (Lipinski definition) is 4. The number of phenolic OH excluding ortho intramolecular Hbond substituents is 2. The maximum absolute atomic E-state index is 13.7. The molecule has 0 saturated heterocycles. The Kier molecular flexibility index (Phi) is 4.05. The van der Waals surface area contributed by atoms with E-state index in [1.807, 2.05) is 19.9 Å². The van der Waals surface area contributed by atoms with Gasteiger partial charge in [-0.25, -0.2) is 0 Å². The molecule has 2 atom stereocenters. The van der Waals surface area contributed by atoms with Gasteiger partial charge in [-0.1, -0.05) is 0 Å². The van der Waals surface area contributed by atoms with Gasteiger partial charge in [0.1, 0.15) is 51.3 Å². The van der Waals surface area contributed by atoms with Crippen LogP contribution in [-0.2, 0) is 0 Å². The number of aliphatic hydroxyl groups excluding tert-OH is 2. The molecule has 0 spiro atoms. The summed E-state index contributed by atoms with van der Waals surface area (Å²) in [4.78, 5) is 13.7. The molecule has 6 rings (SSSR count). The van der Waals surface area contributed by atoms with E-state index in [4.69, 9.17) is 18.3 Å². The summed E-state index contributed by atoms with van der Waals surface area (Å²) in [7, 11) is 0. The molecule has 2 aliphatic heterocycles. The summed E-state index contributed by atoms with van der Waals surface area (Å²) in [5.74, 6) is -0.437. The van der Waals surface area contributed by atoms with E-state index in [2.05, 4.69) is 0 Å². The number of hydrogen-bond acceptors (Lipinski definition) is 9. The van der Waals surface area contributed by atoms with Crippen LogP contribution in [0.2, 0.25) is 0 Å². The number of benzene rings is 2. The molecule has 0 radical (unpaired) electrons. The fourth-order valence-corrected chi connectivity index (χ4v) is 4.97. The molecule has 9 nitrogen and oxygen atoms in total. The molecule has 2 unspecified atom stereocenters. The van der Waals surface area contributed by atoms with Crippen molar-refractivity contribution in [3.63, 3.8) is 0 Å². The zero-order valence-corrected chi connectivity index (χ0v) is 19.7. The number of ether oxygens (including phenoxy) is 2. The van der Waals surface area contributed by atoms with Crippen LogP contribution in [0.25, 0.3) is 39.2 Å². The monoisotopic (exact) mass is 480 g/mol. The summed E-state index contributed by atoms with van der Waals surface area (Å²) in [5.41, 5.74) is -1.38. The van der Waals surface area contributed by atoms with E-state index in [9.17, 15) is 25.2 Å². The van der Waals surface area contributed by atoms with Gasteiger partial charge in [-0.2, -0.15) is 0 Å². The van der Waals surface area contributed by atoms with Gasteiger partial charge in [-0.3, -0.25) is 4.79 Å². The summed E-state index contributed by atoms with van der Waals surface area (Å²) < 4.78 is 23.7. The Bertz CT molecular complexity index is 1680. The van der Waals surface area contributed by atoms with Crippen molar-refractivity contribution in [3.8, 4) is 23.0 Å². The third-order valence-corrected chi connectivity index (χ3v) is 6.90. The van der Waals surface area contributed by atoms with Gasteiger partial charge in [0.25, 0.3) is 0 Å². The maximum atomic E-state index is 13.7. The Morgan fingerprint density at radius 2 is 1.63 bits per heavy atom. The molecule has 0 bridgehead atoms. The van der Waals surface area contributed by atoms with Gasteiger partial charge < -0.3 is 38.7 Å². The van der Waals surface area contributed by atoms with Crippen molar-refractivity contribution in [2.45, 2.75) is 58.0 Å². The topological polar surface area (TPSA) is 143 Å². The highest BCUT2D eigenvalue weighted by molar-refractivity contribution is 6.10. The van der Waals surface area contributed by atoms with Crippen molar-refractivity contribution in [2.24, 2.45) is 0 Å². The summed E-state index contributed by atoms with van der Waals surface area (Å²) in [6.07, 6.45) is 0.796. The largest absolute Gasteiger partial charge is 0.507 e. The second-order valence-corrected chi connectivity index (χ2v) is 10.3. The van der Waals surface area contributed by atoms with Gasteiger partial charge in [0.05, 0.1) is 11.1 Å². The lowest BCUT2D eigenvalue weighted by atomic mass is 9.87. The van der Waals surface area contributed by atoms with Gasteiger partial charge in [0, 0.05) is 10.9 Å². The second kappa shape index (κ2) is 6.50. The first-order valence-electron chi connectivity index (χ1n) is 11.2. The van der Waals surface area contributed by atoms with Crippen LogP contribution < -0.4 is 14.9 Å². The van der Waals surface area contributed by atoms with Crippen molar-refractivity contribution in [3.05, 3.63) is 39.1 Å². The molecule has 4 heterocycles. The lowest BCUT2D eigenvalue weighted by Gasteiger charge is -2.39. The smallest absolute Gasteiger partial charge is 0.302 e. The van der Waals surface area contributed by atoms with E-state index in [1.165, 1.54) is 6.07 Å². The molecule has 182 valence electrons. The van der Waals surface area contributed by atoms with Crippen LogP contribution in [0, 0.1) is 6.92 Å². The molecule has 0 saturated carbocycles. The minimum absolute atomic E-state index is 0.00842. The van der Waals surface area contributed by atoms with E-state index >= 15 is 0 Å². The van der Waals surface area contributed by atoms with Gasteiger partial charge in [-0.15, -0.1) is 0 Å². The van der Waals surface area contributed by atoms with Crippen LogP contribution in [0.1, 0.15) is 50.5 Å². The number of furan rings is 1. The standard InChI is InChI=1S/C26H24O9/c1-9-16(28)14-17(29)13-11-8-12(27)22-15(18(30)23(31)26(4,5)35-22)21(11)33-24(13)32-20(14)10-6-7-25(2,3)34-19(9)10/h6-8,18,23,27-28,30-31H,1-5H3. The minimum Gasteiger partial charge on any atom is -0.507 e. The van der Waals surface area contributed by atoms with E-state index in [-0.39, 0.29) is 55.9 Å². The van der Waals surface area contributed by atoms with Crippen LogP contribution in [0.3, 0.4) is 0 Å². The Hall–Kier alpha value is -3.69. The average Bonchev–Trinajstić information content (AvgIpc) is 3.13. The summed E-state index contributed by atoms with van der Waals surface area (Å²) in [6.45, 7) is 8.54. The summed E-state index contributed by atoms with van der Waals surface area (Å²) in [5, 5.41) is 43.2. The van der Waals surface area contributed by atoms with Gasteiger partial charge >= 0.3 is 5.78 Å². The third-order valence-electron chi connectivity index (χ3n) is 6.90. The fourth-order valence-electron chi connectivity index (χ4n) is 4.97. The summed E-state index contributed by atoms with van der Waals surface area (Å²) in [6, 6.07) is 1.29. The van der Waals surface area contributed by atoms with Crippen molar-refractivity contribution in [1.29, 1.82) is 0 Å². The predicted molar refractivity (Wildman–Crippen MR) is 127 cm³/mol. The van der Waals surface area contributed by atoms with Crippen LogP contribution in [0.4, 0.5) is 0 Å². The lowest BCUT2D eigenvalue weighted by molar-refractivity contribution is -0.112. The molecule has 2 aliphatic rings. The van der Waals surface area contributed by atoms with Gasteiger partial charge in [0.2, 0.25) is 5.43 Å². The average molecular weight is 480 g/mol. The molecular weight excluding hydrogens is 456 g/mol. The second-order valence-electron chi connectivity index (χ2n) is 10.3. The molecule has 2 aromatic heterocycles. The van der Waals surface area contributed by atoms with Crippen LogP contribution in [0.5, 0.6) is 23.0 Å². The first kappa shape index (κ1) is 21.8. The number of fused-ring (bicyclic) bond motifs is 8. The van der Waals surface area contributed by atoms with Crippen molar-refractivity contribution >= 4 is 39.2 Å². The van der Waals surface area contributed by atoms with E-state index < -0.39 is 28.8 Å². The summed E-state index contributed by atoms with van der Waals surface area (Å²) >= 11 is 0. The SMILES string of the molecule is Cc1c2c(c3oc4oc5c6c(c(O)cc5c4c(=O)c3c1O)OC(C)(C)C(O)C6O)C=CC(C)(C)O2. The zero-order valence-electron chi connectivity index (χ0n) is 19.7. The maximum Gasteiger partial charge on any atom is 0.302 e. The minimum atomic E-state index is -1.46. The first-order valence-corrected chi connectivity index (χ1v) is 11.2. The van der Waals surface area contributed by atoms with Crippen LogP contribution in [0.15, 0.2) is 25.8 Å². The molecule has 2 aromatic carbocycles. The fraction of sp³-hybridized carbons (Fsp3) is 0.346. The molecule has 9 heteroatoms. The van der Waals surface area contributed by atoms with Gasteiger partial charge in [-0.05, 0) is 52.8 Å². The molecule has 0 fully saturated rings. The van der Waals surface area contributed by atoms with Crippen LogP contribution in [-0.4, -0.2) is 37.7 Å². The highest BCUT2D eigenvalue weighted by Gasteiger charge is 2.45. The normalized spacial score (nSPS) is 22.1. The third kappa shape index (κ3) is 2.73. The Labute approximate surface area is 198 Å². The number of phenols is 2. The first-order chi connectivity index (χ1) is 16.3.